The van der Waals surface area contributed by atoms with Gasteiger partial charge in [-0.2, -0.15) is 0 Å². The molecule has 2 rings (SSSR count). The highest BCUT2D eigenvalue weighted by atomic mass is 19.1. The molecule has 0 bridgehead atoms. The van der Waals surface area contributed by atoms with E-state index in [-0.39, 0.29) is 24.7 Å². The average molecular weight is 316 g/mol. The number of halogens is 1. The zero-order valence-electron chi connectivity index (χ0n) is 12.8. The SMILES string of the molecule is CCOC(=O)C(=O)Cc1ncc(CCc2ccc(F)cc2)cn1. The smallest absolute Gasteiger partial charge is 0.375 e. The van der Waals surface area contributed by atoms with E-state index in [1.54, 1.807) is 31.5 Å². The number of hydrogen-bond acceptors (Lipinski definition) is 5. The Balaban J connectivity index is 1.88. The normalized spacial score (nSPS) is 10.3. The second-order valence-electron chi connectivity index (χ2n) is 4.95. The van der Waals surface area contributed by atoms with Gasteiger partial charge in [0.25, 0.3) is 0 Å². The second-order valence-corrected chi connectivity index (χ2v) is 4.95. The van der Waals surface area contributed by atoms with Crippen LogP contribution >= 0.6 is 0 Å². The summed E-state index contributed by atoms with van der Waals surface area (Å²) in [5, 5.41) is 0. The minimum Gasteiger partial charge on any atom is -0.460 e. The summed E-state index contributed by atoms with van der Waals surface area (Å²) in [6.45, 7) is 1.80. The van der Waals surface area contributed by atoms with Gasteiger partial charge in [0.05, 0.1) is 13.0 Å². The molecule has 0 radical (unpaired) electrons. The van der Waals surface area contributed by atoms with Crippen molar-refractivity contribution in [2.24, 2.45) is 0 Å². The molecule has 0 saturated heterocycles. The van der Waals surface area contributed by atoms with Crippen molar-refractivity contribution in [1.29, 1.82) is 0 Å². The van der Waals surface area contributed by atoms with Crippen molar-refractivity contribution in [2.75, 3.05) is 6.61 Å². The Bertz CT molecular complexity index is 669. The van der Waals surface area contributed by atoms with E-state index in [2.05, 4.69) is 14.7 Å². The van der Waals surface area contributed by atoms with Crippen LogP contribution in [0.25, 0.3) is 0 Å². The molecule has 1 aromatic heterocycles. The molecule has 0 spiro atoms. The molecule has 5 nitrogen and oxygen atoms in total. The summed E-state index contributed by atoms with van der Waals surface area (Å²) in [6, 6.07) is 6.33. The molecule has 0 aliphatic carbocycles. The Morgan fingerprint density at radius 1 is 1.04 bits per heavy atom. The van der Waals surface area contributed by atoms with E-state index in [0.29, 0.717) is 6.42 Å². The highest BCUT2D eigenvalue weighted by Crippen LogP contribution is 2.08. The van der Waals surface area contributed by atoms with Gasteiger partial charge in [-0.25, -0.2) is 19.2 Å². The van der Waals surface area contributed by atoms with E-state index in [9.17, 15) is 14.0 Å². The Hall–Kier alpha value is -2.63. The zero-order valence-corrected chi connectivity index (χ0v) is 12.8. The number of carbonyl (C=O) groups excluding carboxylic acids is 2. The fraction of sp³-hybridized carbons (Fsp3) is 0.294. The maximum atomic E-state index is 12.8. The van der Waals surface area contributed by atoms with Gasteiger partial charge in [-0.05, 0) is 43.0 Å². The van der Waals surface area contributed by atoms with Gasteiger partial charge in [-0.3, -0.25) is 4.79 Å². The standard InChI is InChI=1S/C17H17FN2O3/c1-2-23-17(22)15(21)9-16-19-10-13(11-20-16)4-3-12-5-7-14(18)8-6-12/h5-8,10-11H,2-4,9H2,1H3. The summed E-state index contributed by atoms with van der Waals surface area (Å²) in [7, 11) is 0. The minimum atomic E-state index is -0.864. The van der Waals surface area contributed by atoms with Gasteiger partial charge in [0, 0.05) is 12.4 Å². The first-order valence-corrected chi connectivity index (χ1v) is 7.32. The topological polar surface area (TPSA) is 69.2 Å². The Kier molecular flexibility index (Phi) is 5.91. The van der Waals surface area contributed by atoms with Crippen LogP contribution in [0.3, 0.4) is 0 Å². The van der Waals surface area contributed by atoms with Crippen molar-refractivity contribution in [1.82, 2.24) is 9.97 Å². The molecule has 0 unspecified atom stereocenters. The number of Topliss-reactive ketones (excluding diaryl/α,β-unsaturated/α-hetero) is 1. The van der Waals surface area contributed by atoms with Crippen LogP contribution in [0.2, 0.25) is 0 Å². The monoisotopic (exact) mass is 316 g/mol. The first-order valence-electron chi connectivity index (χ1n) is 7.32. The van der Waals surface area contributed by atoms with Crippen LogP contribution in [0, 0.1) is 5.82 Å². The number of rotatable bonds is 7. The molecule has 0 N–H and O–H groups in total. The van der Waals surface area contributed by atoms with Gasteiger partial charge in [-0.15, -0.1) is 0 Å². The number of esters is 1. The summed E-state index contributed by atoms with van der Waals surface area (Å²) in [4.78, 5) is 31.0. The molecular weight excluding hydrogens is 299 g/mol. The number of hydrogen-bond donors (Lipinski definition) is 0. The third-order valence-corrected chi connectivity index (χ3v) is 3.20. The Labute approximate surface area is 133 Å². The van der Waals surface area contributed by atoms with Crippen LogP contribution in [0.5, 0.6) is 0 Å². The minimum absolute atomic E-state index is 0.160. The van der Waals surface area contributed by atoms with Gasteiger partial charge in [0.1, 0.15) is 11.6 Å². The van der Waals surface area contributed by atoms with Crippen molar-refractivity contribution in [2.45, 2.75) is 26.2 Å². The fourth-order valence-electron chi connectivity index (χ4n) is 1.97. The third-order valence-electron chi connectivity index (χ3n) is 3.20. The number of nitrogens with zero attached hydrogens (tertiary/aromatic N) is 2. The number of aromatic nitrogens is 2. The first-order chi connectivity index (χ1) is 11.1. The molecule has 0 aliphatic heterocycles. The number of ether oxygens (including phenoxy) is 1. The van der Waals surface area contributed by atoms with Gasteiger partial charge in [-0.1, -0.05) is 12.1 Å². The lowest BCUT2D eigenvalue weighted by molar-refractivity contribution is -0.153. The molecule has 0 amide bonds. The van der Waals surface area contributed by atoms with E-state index in [1.807, 2.05) is 0 Å². The zero-order chi connectivity index (χ0) is 16.7. The molecule has 1 aromatic carbocycles. The van der Waals surface area contributed by atoms with Gasteiger partial charge >= 0.3 is 5.97 Å². The van der Waals surface area contributed by atoms with Crippen molar-refractivity contribution < 1.29 is 18.7 Å². The molecule has 0 atom stereocenters. The first kappa shape index (κ1) is 16.7. The van der Waals surface area contributed by atoms with Crippen LogP contribution in [0.15, 0.2) is 36.7 Å². The number of benzene rings is 1. The molecule has 0 saturated carbocycles. The summed E-state index contributed by atoms with van der Waals surface area (Å²) >= 11 is 0. The maximum absolute atomic E-state index is 12.8. The molecule has 120 valence electrons. The average Bonchev–Trinajstić information content (AvgIpc) is 2.56. The van der Waals surface area contributed by atoms with Crippen LogP contribution in [-0.2, 0) is 33.6 Å². The van der Waals surface area contributed by atoms with Crippen molar-refractivity contribution >= 4 is 11.8 Å². The summed E-state index contributed by atoms with van der Waals surface area (Å²) in [5.74, 6) is -1.50. The van der Waals surface area contributed by atoms with Crippen molar-refractivity contribution in [3.8, 4) is 0 Å². The van der Waals surface area contributed by atoms with E-state index < -0.39 is 11.8 Å². The molecule has 23 heavy (non-hydrogen) atoms. The second kappa shape index (κ2) is 8.12. The van der Waals surface area contributed by atoms with Gasteiger partial charge in [0.15, 0.2) is 0 Å². The maximum Gasteiger partial charge on any atom is 0.375 e. The fourth-order valence-corrected chi connectivity index (χ4v) is 1.97. The predicted octanol–water partition coefficient (Wildman–Crippen LogP) is 2.08. The highest BCUT2D eigenvalue weighted by molar-refractivity contribution is 6.33. The lowest BCUT2D eigenvalue weighted by atomic mass is 10.1. The molecule has 0 fully saturated rings. The highest BCUT2D eigenvalue weighted by Gasteiger charge is 2.16. The molecule has 2 aromatic rings. The third kappa shape index (κ3) is 5.25. The van der Waals surface area contributed by atoms with Crippen LogP contribution in [-0.4, -0.2) is 28.3 Å². The Morgan fingerprint density at radius 2 is 1.65 bits per heavy atom. The summed E-state index contributed by atoms with van der Waals surface area (Å²) in [5.41, 5.74) is 1.93. The van der Waals surface area contributed by atoms with Crippen molar-refractivity contribution in [3.63, 3.8) is 0 Å². The largest absolute Gasteiger partial charge is 0.460 e. The Morgan fingerprint density at radius 3 is 2.26 bits per heavy atom. The molecule has 0 aliphatic rings. The lowest BCUT2D eigenvalue weighted by Gasteiger charge is -2.03. The summed E-state index contributed by atoms with van der Waals surface area (Å²) in [6.07, 6.45) is 4.54. The quantitative estimate of drug-likeness (QED) is 0.578. The predicted molar refractivity (Wildman–Crippen MR) is 81.2 cm³/mol. The van der Waals surface area contributed by atoms with Crippen molar-refractivity contribution in [3.05, 3.63) is 59.4 Å². The van der Waals surface area contributed by atoms with E-state index in [0.717, 1.165) is 17.5 Å². The van der Waals surface area contributed by atoms with Crippen LogP contribution in [0.1, 0.15) is 23.9 Å². The molecule has 6 heteroatoms. The number of aryl methyl sites for hydroxylation is 2. The van der Waals surface area contributed by atoms with E-state index in [4.69, 9.17) is 0 Å². The van der Waals surface area contributed by atoms with Crippen LogP contribution in [0.4, 0.5) is 4.39 Å². The summed E-state index contributed by atoms with van der Waals surface area (Å²) < 4.78 is 17.4. The van der Waals surface area contributed by atoms with E-state index >= 15 is 0 Å². The van der Waals surface area contributed by atoms with Crippen LogP contribution < -0.4 is 0 Å². The number of ketones is 1. The van der Waals surface area contributed by atoms with Gasteiger partial charge < -0.3 is 4.74 Å². The molecular formula is C17H17FN2O3. The number of carbonyl (C=O) groups is 2. The molecule has 1 heterocycles. The lowest BCUT2D eigenvalue weighted by Crippen LogP contribution is -2.20. The van der Waals surface area contributed by atoms with E-state index in [1.165, 1.54) is 12.1 Å². The van der Waals surface area contributed by atoms with Gasteiger partial charge in [0.2, 0.25) is 5.78 Å².